The van der Waals surface area contributed by atoms with Crippen molar-refractivity contribution in [1.29, 1.82) is 0 Å². The second-order valence-corrected chi connectivity index (χ2v) is 6.57. The van der Waals surface area contributed by atoms with Crippen molar-refractivity contribution in [2.45, 2.75) is 6.54 Å². The third-order valence-corrected chi connectivity index (χ3v) is 4.73. The highest BCUT2D eigenvalue weighted by Gasteiger charge is 2.19. The van der Waals surface area contributed by atoms with Gasteiger partial charge in [0.25, 0.3) is 0 Å². The maximum atomic E-state index is 11.0. The lowest BCUT2D eigenvalue weighted by Crippen LogP contribution is -2.46. The minimum absolute atomic E-state index is 0.327. The topological polar surface area (TPSA) is 62.2 Å². The molecule has 3 rings (SSSR count). The highest BCUT2D eigenvalue weighted by molar-refractivity contribution is 5.87. The van der Waals surface area contributed by atoms with Crippen molar-refractivity contribution in [2.75, 3.05) is 51.4 Å². The molecule has 1 fully saturated rings. The molecule has 1 aliphatic heterocycles. The number of hydrogen-bond donors (Lipinski definition) is 1. The molecule has 144 valence electrons. The number of piperazine rings is 1. The first-order valence-corrected chi connectivity index (χ1v) is 9.17. The van der Waals surface area contributed by atoms with Gasteiger partial charge >= 0.3 is 5.97 Å². The van der Waals surface area contributed by atoms with Crippen molar-refractivity contribution < 1.29 is 19.4 Å². The van der Waals surface area contributed by atoms with Crippen molar-refractivity contribution >= 4 is 11.7 Å². The number of ether oxygens (including phenoxy) is 2. The highest BCUT2D eigenvalue weighted by atomic mass is 16.5. The molecular weight excluding hydrogens is 344 g/mol. The summed E-state index contributed by atoms with van der Waals surface area (Å²) < 4.78 is 10.9. The Morgan fingerprint density at radius 1 is 1.00 bits per heavy atom. The van der Waals surface area contributed by atoms with Crippen LogP contribution in [0.15, 0.2) is 48.5 Å². The van der Waals surface area contributed by atoms with Crippen molar-refractivity contribution in [3.8, 4) is 5.75 Å². The first-order valence-electron chi connectivity index (χ1n) is 9.17. The molecule has 0 aliphatic carbocycles. The van der Waals surface area contributed by atoms with Gasteiger partial charge in [0.2, 0.25) is 0 Å². The quantitative estimate of drug-likeness (QED) is 0.721. The number of benzene rings is 2. The first-order chi connectivity index (χ1) is 13.2. The fraction of sp³-hybridized carbons (Fsp3) is 0.381. The van der Waals surface area contributed by atoms with Crippen LogP contribution in [0.5, 0.6) is 5.75 Å². The van der Waals surface area contributed by atoms with Gasteiger partial charge in [0, 0.05) is 39.8 Å². The molecule has 1 N–H and O–H groups in total. The average molecular weight is 370 g/mol. The van der Waals surface area contributed by atoms with E-state index in [0.29, 0.717) is 18.8 Å². The van der Waals surface area contributed by atoms with Gasteiger partial charge in [0.1, 0.15) is 12.4 Å². The zero-order valence-corrected chi connectivity index (χ0v) is 15.6. The predicted molar refractivity (Wildman–Crippen MR) is 105 cm³/mol. The minimum atomic E-state index is -0.887. The number of carbonyl (C=O) groups is 1. The van der Waals surface area contributed by atoms with E-state index in [0.717, 1.165) is 49.7 Å². The van der Waals surface area contributed by atoms with Gasteiger partial charge in [0.05, 0.1) is 17.9 Å². The van der Waals surface area contributed by atoms with Crippen LogP contribution < -0.4 is 9.64 Å². The largest absolute Gasteiger partial charge is 0.489 e. The molecule has 1 aliphatic rings. The Balaban J connectivity index is 1.55. The molecule has 0 atom stereocenters. The number of carboxylic acids is 1. The SMILES string of the molecule is COCCOc1ccccc1N1CCN(Cc2ccc(C(=O)O)cc2)CC1. The molecule has 2 aromatic rings. The summed E-state index contributed by atoms with van der Waals surface area (Å²) in [5, 5.41) is 8.99. The molecule has 0 unspecified atom stereocenters. The second-order valence-electron chi connectivity index (χ2n) is 6.57. The van der Waals surface area contributed by atoms with Gasteiger partial charge < -0.3 is 19.5 Å². The van der Waals surface area contributed by atoms with Crippen molar-refractivity contribution in [1.82, 2.24) is 4.90 Å². The molecule has 0 amide bonds. The number of hydrogen-bond acceptors (Lipinski definition) is 5. The number of nitrogens with zero attached hydrogens (tertiary/aromatic N) is 2. The Morgan fingerprint density at radius 3 is 2.37 bits per heavy atom. The van der Waals surface area contributed by atoms with E-state index in [2.05, 4.69) is 15.9 Å². The Morgan fingerprint density at radius 2 is 1.70 bits per heavy atom. The molecule has 0 spiro atoms. The van der Waals surface area contributed by atoms with Crippen LogP contribution in [0.1, 0.15) is 15.9 Å². The summed E-state index contributed by atoms with van der Waals surface area (Å²) in [6.45, 7) is 5.71. The zero-order chi connectivity index (χ0) is 19.1. The molecule has 1 heterocycles. The van der Waals surface area contributed by atoms with Gasteiger partial charge in [-0.25, -0.2) is 4.79 Å². The molecule has 6 nitrogen and oxygen atoms in total. The lowest BCUT2D eigenvalue weighted by atomic mass is 10.1. The van der Waals surface area contributed by atoms with Gasteiger partial charge in [0.15, 0.2) is 0 Å². The lowest BCUT2D eigenvalue weighted by molar-refractivity contribution is 0.0697. The van der Waals surface area contributed by atoms with E-state index in [1.165, 1.54) is 0 Å². The molecule has 0 radical (unpaired) electrons. The van der Waals surface area contributed by atoms with Gasteiger partial charge in [-0.2, -0.15) is 0 Å². The monoisotopic (exact) mass is 370 g/mol. The normalized spacial score (nSPS) is 14.9. The molecular formula is C21H26N2O4. The summed E-state index contributed by atoms with van der Waals surface area (Å²) >= 11 is 0. The van der Waals surface area contributed by atoms with E-state index in [1.807, 2.05) is 30.3 Å². The Hall–Kier alpha value is -2.57. The van der Waals surface area contributed by atoms with Crippen LogP contribution in [0.25, 0.3) is 0 Å². The van der Waals surface area contributed by atoms with E-state index < -0.39 is 5.97 Å². The standard InChI is InChI=1S/C21H26N2O4/c1-26-14-15-27-20-5-3-2-4-19(20)23-12-10-22(11-13-23)16-17-6-8-18(9-7-17)21(24)25/h2-9H,10-16H2,1H3,(H,24,25). The van der Waals surface area contributed by atoms with E-state index in [4.69, 9.17) is 14.6 Å². The Bertz CT molecular complexity index is 740. The summed E-state index contributed by atoms with van der Waals surface area (Å²) in [6.07, 6.45) is 0. The van der Waals surface area contributed by atoms with Crippen LogP contribution in [0.2, 0.25) is 0 Å². The maximum Gasteiger partial charge on any atom is 0.335 e. The number of carboxylic acid groups (broad SMARTS) is 1. The number of para-hydroxylation sites is 2. The van der Waals surface area contributed by atoms with Crippen LogP contribution >= 0.6 is 0 Å². The first kappa shape index (κ1) is 19.2. The summed E-state index contributed by atoms with van der Waals surface area (Å²) in [5.41, 5.74) is 2.59. The molecule has 6 heteroatoms. The third-order valence-electron chi connectivity index (χ3n) is 4.73. The van der Waals surface area contributed by atoms with E-state index in [1.54, 1.807) is 19.2 Å². The fourth-order valence-electron chi connectivity index (χ4n) is 3.23. The van der Waals surface area contributed by atoms with Crippen LogP contribution in [0, 0.1) is 0 Å². The molecule has 2 aromatic carbocycles. The summed E-state index contributed by atoms with van der Waals surface area (Å²) in [5.74, 6) is 0.00815. The van der Waals surface area contributed by atoms with Crippen LogP contribution in [0.3, 0.4) is 0 Å². The summed E-state index contributed by atoms with van der Waals surface area (Å²) in [6, 6.07) is 15.3. The second kappa shape index (κ2) is 9.39. The third kappa shape index (κ3) is 5.21. The highest BCUT2D eigenvalue weighted by Crippen LogP contribution is 2.29. The minimum Gasteiger partial charge on any atom is -0.489 e. The van der Waals surface area contributed by atoms with Gasteiger partial charge in [-0.15, -0.1) is 0 Å². The predicted octanol–water partition coefficient (Wildman–Crippen LogP) is 2.73. The van der Waals surface area contributed by atoms with E-state index in [9.17, 15) is 4.79 Å². The molecule has 0 bridgehead atoms. The number of methoxy groups -OCH3 is 1. The average Bonchev–Trinajstić information content (AvgIpc) is 2.70. The Kier molecular flexibility index (Phi) is 6.68. The van der Waals surface area contributed by atoms with E-state index in [-0.39, 0.29) is 0 Å². The Labute approximate surface area is 159 Å². The van der Waals surface area contributed by atoms with Crippen LogP contribution in [0.4, 0.5) is 5.69 Å². The molecule has 1 saturated heterocycles. The van der Waals surface area contributed by atoms with E-state index >= 15 is 0 Å². The summed E-state index contributed by atoms with van der Waals surface area (Å²) in [4.78, 5) is 15.7. The fourth-order valence-corrected chi connectivity index (χ4v) is 3.23. The number of anilines is 1. The number of aromatic carboxylic acids is 1. The van der Waals surface area contributed by atoms with Crippen molar-refractivity contribution in [3.05, 3.63) is 59.7 Å². The van der Waals surface area contributed by atoms with Gasteiger partial charge in [-0.05, 0) is 29.8 Å². The summed E-state index contributed by atoms with van der Waals surface area (Å²) in [7, 11) is 1.67. The van der Waals surface area contributed by atoms with Crippen LogP contribution in [-0.4, -0.2) is 62.5 Å². The zero-order valence-electron chi connectivity index (χ0n) is 15.6. The smallest absolute Gasteiger partial charge is 0.335 e. The van der Waals surface area contributed by atoms with Gasteiger partial charge in [-0.3, -0.25) is 4.90 Å². The number of rotatable bonds is 8. The molecule has 27 heavy (non-hydrogen) atoms. The van der Waals surface area contributed by atoms with Crippen molar-refractivity contribution in [2.24, 2.45) is 0 Å². The lowest BCUT2D eigenvalue weighted by Gasteiger charge is -2.36. The van der Waals surface area contributed by atoms with Gasteiger partial charge in [-0.1, -0.05) is 24.3 Å². The maximum absolute atomic E-state index is 11.0. The molecule has 0 saturated carbocycles. The van der Waals surface area contributed by atoms with Crippen molar-refractivity contribution in [3.63, 3.8) is 0 Å². The molecule has 0 aromatic heterocycles. The van der Waals surface area contributed by atoms with Crippen LogP contribution in [-0.2, 0) is 11.3 Å².